The Morgan fingerprint density at radius 2 is 1.78 bits per heavy atom. The first kappa shape index (κ1) is 15.6. The molecule has 1 aliphatic carbocycles. The van der Waals surface area contributed by atoms with E-state index in [0.29, 0.717) is 12.8 Å². The van der Waals surface area contributed by atoms with E-state index in [1.807, 2.05) is 0 Å². The second kappa shape index (κ2) is 7.89. The van der Waals surface area contributed by atoms with Crippen molar-refractivity contribution < 1.29 is 17.4 Å². The highest BCUT2D eigenvalue weighted by atomic mass is 32.2. The number of rotatable bonds is 8. The molecule has 18 heavy (non-hydrogen) atoms. The van der Waals surface area contributed by atoms with Crippen molar-refractivity contribution in [3.05, 3.63) is 0 Å². The molecule has 0 aliphatic heterocycles. The maximum atomic E-state index is 11.7. The summed E-state index contributed by atoms with van der Waals surface area (Å²) in [6, 6.07) is 0. The zero-order valence-electron chi connectivity index (χ0n) is 11.2. The summed E-state index contributed by atoms with van der Waals surface area (Å²) in [5.74, 6) is 0.248. The van der Waals surface area contributed by atoms with Gasteiger partial charge in [0.15, 0.2) is 0 Å². The zero-order valence-corrected chi connectivity index (χ0v) is 12.0. The normalized spacial score (nSPS) is 17.8. The van der Waals surface area contributed by atoms with Crippen molar-refractivity contribution in [2.45, 2.75) is 70.8 Å². The van der Waals surface area contributed by atoms with E-state index in [0.717, 1.165) is 38.5 Å². The van der Waals surface area contributed by atoms with Crippen LogP contribution in [-0.4, -0.2) is 26.1 Å². The molecular formula is C13H24O4S. The van der Waals surface area contributed by atoms with Crippen molar-refractivity contribution in [2.24, 2.45) is 0 Å². The predicted molar refractivity (Wildman–Crippen MR) is 70.9 cm³/mol. The molecule has 0 spiro atoms. The van der Waals surface area contributed by atoms with Crippen LogP contribution >= 0.6 is 0 Å². The van der Waals surface area contributed by atoms with Crippen molar-refractivity contribution in [1.29, 1.82) is 0 Å². The Labute approximate surface area is 110 Å². The van der Waals surface area contributed by atoms with Crippen LogP contribution in [0.3, 0.4) is 0 Å². The number of unbranched alkanes of at least 4 members (excludes halogenated alkanes) is 2. The minimum Gasteiger partial charge on any atom is -0.300 e. The van der Waals surface area contributed by atoms with Crippen LogP contribution in [0.15, 0.2) is 0 Å². The number of hydrogen-bond acceptors (Lipinski definition) is 4. The van der Waals surface area contributed by atoms with Crippen LogP contribution in [0.5, 0.6) is 0 Å². The second-order valence-corrected chi connectivity index (χ2v) is 6.85. The van der Waals surface area contributed by atoms with E-state index in [1.54, 1.807) is 6.92 Å². The molecule has 0 unspecified atom stereocenters. The maximum absolute atomic E-state index is 11.7. The quantitative estimate of drug-likeness (QED) is 0.505. The van der Waals surface area contributed by atoms with Gasteiger partial charge in [0.1, 0.15) is 5.78 Å². The van der Waals surface area contributed by atoms with Crippen molar-refractivity contribution in [3.8, 4) is 0 Å². The lowest BCUT2D eigenvalue weighted by molar-refractivity contribution is -0.117. The molecule has 0 saturated heterocycles. The van der Waals surface area contributed by atoms with Gasteiger partial charge in [-0.1, -0.05) is 25.7 Å². The minimum absolute atomic E-state index is 0.0847. The fourth-order valence-electron chi connectivity index (χ4n) is 2.25. The van der Waals surface area contributed by atoms with Gasteiger partial charge in [0.25, 0.3) is 10.1 Å². The number of carbonyl (C=O) groups excluding carboxylic acids is 1. The Morgan fingerprint density at radius 1 is 1.11 bits per heavy atom. The molecular weight excluding hydrogens is 252 g/mol. The molecule has 1 rings (SSSR count). The van der Waals surface area contributed by atoms with Crippen LogP contribution in [0.2, 0.25) is 0 Å². The highest BCUT2D eigenvalue weighted by Gasteiger charge is 2.21. The van der Waals surface area contributed by atoms with Gasteiger partial charge >= 0.3 is 0 Å². The number of ketones is 1. The number of hydrogen-bond donors (Lipinski definition) is 0. The van der Waals surface area contributed by atoms with Crippen LogP contribution in [0, 0.1) is 0 Å². The average Bonchev–Trinajstić information content (AvgIpc) is 2.28. The first-order valence-electron chi connectivity index (χ1n) is 6.90. The van der Waals surface area contributed by atoms with Crippen LogP contribution in [0.1, 0.15) is 64.7 Å². The van der Waals surface area contributed by atoms with Gasteiger partial charge in [-0.3, -0.25) is 4.18 Å². The lowest BCUT2D eigenvalue weighted by Gasteiger charge is -2.21. The van der Waals surface area contributed by atoms with Crippen LogP contribution < -0.4 is 0 Å². The summed E-state index contributed by atoms with van der Waals surface area (Å²) >= 11 is 0. The average molecular weight is 276 g/mol. The predicted octanol–water partition coefficient (Wildman–Crippen LogP) is 2.81. The van der Waals surface area contributed by atoms with Gasteiger partial charge in [-0.15, -0.1) is 0 Å². The Kier molecular flexibility index (Phi) is 6.86. The fraction of sp³-hybridized carbons (Fsp3) is 0.923. The molecule has 1 aliphatic rings. The Morgan fingerprint density at radius 3 is 2.39 bits per heavy atom. The van der Waals surface area contributed by atoms with Crippen LogP contribution in [0.4, 0.5) is 0 Å². The monoisotopic (exact) mass is 276 g/mol. The molecule has 0 atom stereocenters. The third-order valence-electron chi connectivity index (χ3n) is 3.26. The standard InChI is InChI=1S/C13H24O4S/c1-12(14)8-4-3-7-11-18(15,16)17-13-9-5-2-6-10-13/h13H,2-11H2,1H3. The number of Topliss-reactive ketones (excluding diaryl/α,β-unsaturated/α-hetero) is 1. The molecule has 1 saturated carbocycles. The van der Waals surface area contributed by atoms with Crippen LogP contribution in [-0.2, 0) is 19.1 Å². The summed E-state index contributed by atoms with van der Waals surface area (Å²) in [5.41, 5.74) is 0. The molecule has 1 fully saturated rings. The molecule has 0 amide bonds. The van der Waals surface area contributed by atoms with E-state index < -0.39 is 10.1 Å². The van der Waals surface area contributed by atoms with Gasteiger partial charge in [-0.25, -0.2) is 0 Å². The van der Waals surface area contributed by atoms with Crippen molar-refractivity contribution in [1.82, 2.24) is 0 Å². The summed E-state index contributed by atoms with van der Waals surface area (Å²) in [5, 5.41) is 0. The summed E-state index contributed by atoms with van der Waals surface area (Å²) in [6.45, 7) is 1.56. The highest BCUT2D eigenvalue weighted by molar-refractivity contribution is 7.86. The first-order chi connectivity index (χ1) is 8.49. The minimum atomic E-state index is -3.37. The topological polar surface area (TPSA) is 60.4 Å². The molecule has 0 aromatic heterocycles. The summed E-state index contributed by atoms with van der Waals surface area (Å²) < 4.78 is 28.6. The SMILES string of the molecule is CC(=O)CCCCCS(=O)(=O)OC1CCCCC1. The zero-order chi connectivity index (χ0) is 13.4. The summed E-state index contributed by atoms with van der Waals surface area (Å²) in [6.07, 6.45) is 7.63. The molecule has 0 aromatic carbocycles. The highest BCUT2D eigenvalue weighted by Crippen LogP contribution is 2.22. The summed E-state index contributed by atoms with van der Waals surface area (Å²) in [4.78, 5) is 10.7. The molecule has 0 heterocycles. The molecule has 106 valence electrons. The summed E-state index contributed by atoms with van der Waals surface area (Å²) in [7, 11) is -3.37. The third-order valence-corrected chi connectivity index (χ3v) is 4.61. The lowest BCUT2D eigenvalue weighted by atomic mass is 9.98. The Balaban J connectivity index is 2.16. The number of carbonyl (C=O) groups is 1. The van der Waals surface area contributed by atoms with Crippen molar-refractivity contribution >= 4 is 15.9 Å². The van der Waals surface area contributed by atoms with E-state index in [2.05, 4.69) is 0 Å². The first-order valence-corrected chi connectivity index (χ1v) is 8.48. The molecule has 0 radical (unpaired) electrons. The van der Waals surface area contributed by atoms with Gasteiger partial charge in [0.05, 0.1) is 11.9 Å². The Bertz CT molecular complexity index is 342. The van der Waals surface area contributed by atoms with Gasteiger partial charge in [0.2, 0.25) is 0 Å². The molecule has 4 nitrogen and oxygen atoms in total. The van der Waals surface area contributed by atoms with Gasteiger partial charge in [-0.2, -0.15) is 8.42 Å². The molecule has 0 N–H and O–H groups in total. The smallest absolute Gasteiger partial charge is 0.267 e. The van der Waals surface area contributed by atoms with Gasteiger partial charge in [-0.05, 0) is 32.6 Å². The molecule has 0 bridgehead atoms. The van der Waals surface area contributed by atoms with Gasteiger partial charge < -0.3 is 4.79 Å². The Hall–Kier alpha value is -0.420. The molecule has 0 aromatic rings. The van der Waals surface area contributed by atoms with Crippen molar-refractivity contribution in [3.63, 3.8) is 0 Å². The second-order valence-electron chi connectivity index (χ2n) is 5.13. The largest absolute Gasteiger partial charge is 0.300 e. The maximum Gasteiger partial charge on any atom is 0.267 e. The van der Waals surface area contributed by atoms with Crippen LogP contribution in [0.25, 0.3) is 0 Å². The van der Waals surface area contributed by atoms with E-state index in [4.69, 9.17) is 4.18 Å². The third kappa shape index (κ3) is 7.11. The lowest BCUT2D eigenvalue weighted by Crippen LogP contribution is -2.22. The van der Waals surface area contributed by atoms with E-state index in [1.165, 1.54) is 6.42 Å². The molecule has 5 heteroatoms. The van der Waals surface area contributed by atoms with E-state index in [-0.39, 0.29) is 17.6 Å². The fourth-order valence-corrected chi connectivity index (χ4v) is 3.51. The van der Waals surface area contributed by atoms with Gasteiger partial charge in [0, 0.05) is 6.42 Å². The van der Waals surface area contributed by atoms with E-state index >= 15 is 0 Å². The van der Waals surface area contributed by atoms with Crippen molar-refractivity contribution in [2.75, 3.05) is 5.75 Å². The van der Waals surface area contributed by atoms with E-state index in [9.17, 15) is 13.2 Å².